The summed E-state index contributed by atoms with van der Waals surface area (Å²) in [5.74, 6) is -0.750. The molecule has 0 aliphatic carbocycles. The molecule has 7 heteroatoms. The highest BCUT2D eigenvalue weighted by Crippen LogP contribution is 2.23. The molecule has 0 fully saturated rings. The lowest BCUT2D eigenvalue weighted by molar-refractivity contribution is 0.283. The van der Waals surface area contributed by atoms with Crippen LogP contribution in [0.25, 0.3) is 0 Å². The minimum absolute atomic E-state index is 0.0881. The maximum atomic E-state index is 13.5. The molecule has 0 amide bonds. The molecule has 2 nitrogen and oxygen atoms in total. The van der Waals surface area contributed by atoms with Crippen LogP contribution in [0.3, 0.4) is 0 Å². The highest BCUT2D eigenvalue weighted by atomic mass is 19.4. The van der Waals surface area contributed by atoms with E-state index in [-0.39, 0.29) is 6.61 Å². The Labute approximate surface area is 119 Å². The van der Waals surface area contributed by atoms with Crippen LogP contribution >= 0.6 is 0 Å². The lowest BCUT2D eigenvalue weighted by Gasteiger charge is -2.17. The van der Waals surface area contributed by atoms with Gasteiger partial charge in [0, 0.05) is 5.56 Å². The zero-order valence-electron chi connectivity index (χ0n) is 11.2. The van der Waals surface area contributed by atoms with Gasteiger partial charge >= 0.3 is 6.98 Å². The quantitative estimate of drug-likeness (QED) is 0.622. The summed E-state index contributed by atoms with van der Waals surface area (Å²) in [5, 5.41) is 0. The van der Waals surface area contributed by atoms with Crippen molar-refractivity contribution in [2.75, 3.05) is 7.11 Å². The molecule has 2 aromatic carbocycles. The summed E-state index contributed by atoms with van der Waals surface area (Å²) < 4.78 is 61.7. The van der Waals surface area contributed by atoms with E-state index in [2.05, 4.69) is 0 Å². The summed E-state index contributed by atoms with van der Waals surface area (Å²) in [4.78, 5) is 0. The Kier molecular flexibility index (Phi) is 4.40. The van der Waals surface area contributed by atoms with Gasteiger partial charge in [-0.2, -0.15) is 0 Å². The summed E-state index contributed by atoms with van der Waals surface area (Å²) >= 11 is 0. The summed E-state index contributed by atoms with van der Waals surface area (Å²) in [5.41, 5.74) is -0.284. The van der Waals surface area contributed by atoms with E-state index in [1.54, 1.807) is 24.3 Å². The molecule has 0 saturated heterocycles. The maximum absolute atomic E-state index is 13.5. The van der Waals surface area contributed by atoms with E-state index in [1.807, 2.05) is 0 Å². The van der Waals surface area contributed by atoms with Crippen LogP contribution in [0.4, 0.5) is 17.3 Å². The topological polar surface area (TPSA) is 18.5 Å². The molecule has 0 spiro atoms. The lowest BCUT2D eigenvalue weighted by Crippen LogP contribution is -2.34. The summed E-state index contributed by atoms with van der Waals surface area (Å²) in [6.45, 7) is -5.28. The van der Waals surface area contributed by atoms with Crippen molar-refractivity contribution in [2.24, 2.45) is 0 Å². The fraction of sp³-hybridized carbons (Fsp3) is 0.143. The number of benzene rings is 2. The van der Waals surface area contributed by atoms with E-state index in [9.17, 15) is 17.3 Å². The highest BCUT2D eigenvalue weighted by molar-refractivity contribution is 6.73. The van der Waals surface area contributed by atoms with Crippen molar-refractivity contribution in [1.82, 2.24) is 0 Å². The largest absolute Gasteiger partial charge is 0.509 e. The van der Waals surface area contributed by atoms with Gasteiger partial charge in [0.25, 0.3) is 0 Å². The molecular weight excluding hydrogens is 287 g/mol. The number of hydrogen-bond acceptors (Lipinski definition) is 2. The second kappa shape index (κ2) is 6.07. The number of halogens is 4. The predicted octanol–water partition coefficient (Wildman–Crippen LogP) is 3.47. The lowest BCUT2D eigenvalue weighted by atomic mass is 9.80. The molecule has 0 bridgehead atoms. The molecular formula is C14H12BF4O2-. The molecule has 0 heterocycles. The molecule has 0 saturated carbocycles. The first-order chi connectivity index (χ1) is 9.91. The van der Waals surface area contributed by atoms with E-state index >= 15 is 0 Å². The monoisotopic (exact) mass is 299 g/mol. The average Bonchev–Trinajstić information content (AvgIpc) is 2.45. The van der Waals surface area contributed by atoms with Crippen LogP contribution in [-0.2, 0) is 6.61 Å². The number of hydrogen-bond donors (Lipinski definition) is 0. The molecule has 2 aromatic rings. The van der Waals surface area contributed by atoms with Crippen LogP contribution in [0.15, 0.2) is 42.5 Å². The first-order valence-corrected chi connectivity index (χ1v) is 6.16. The average molecular weight is 299 g/mol. The summed E-state index contributed by atoms with van der Waals surface area (Å²) in [6.07, 6.45) is 0. The zero-order chi connectivity index (χ0) is 15.5. The van der Waals surface area contributed by atoms with Crippen LogP contribution in [0.5, 0.6) is 11.5 Å². The Morgan fingerprint density at radius 2 is 1.71 bits per heavy atom. The van der Waals surface area contributed by atoms with Gasteiger partial charge in [-0.3, -0.25) is 0 Å². The van der Waals surface area contributed by atoms with Gasteiger partial charge in [0.05, 0.1) is 7.11 Å². The molecule has 0 N–H and O–H groups in total. The third-order valence-corrected chi connectivity index (χ3v) is 2.91. The molecule has 0 unspecified atom stereocenters. The van der Waals surface area contributed by atoms with E-state index < -0.39 is 24.0 Å². The molecule has 112 valence electrons. The van der Waals surface area contributed by atoms with Gasteiger partial charge in [-0.05, 0) is 18.2 Å². The van der Waals surface area contributed by atoms with Crippen LogP contribution in [-0.4, -0.2) is 14.1 Å². The predicted molar refractivity (Wildman–Crippen MR) is 72.4 cm³/mol. The van der Waals surface area contributed by atoms with Crippen molar-refractivity contribution in [1.29, 1.82) is 0 Å². The number of rotatable bonds is 5. The van der Waals surface area contributed by atoms with E-state index in [0.717, 1.165) is 6.07 Å². The molecule has 21 heavy (non-hydrogen) atoms. The zero-order valence-corrected chi connectivity index (χ0v) is 11.2. The van der Waals surface area contributed by atoms with Crippen molar-refractivity contribution in [3.63, 3.8) is 0 Å². The van der Waals surface area contributed by atoms with Crippen LogP contribution in [0.2, 0.25) is 0 Å². The second-order valence-electron chi connectivity index (χ2n) is 4.37. The summed E-state index contributed by atoms with van der Waals surface area (Å²) in [7, 11) is 1.46. The van der Waals surface area contributed by atoms with Crippen molar-refractivity contribution in [3.05, 3.63) is 53.8 Å². The smallest absolute Gasteiger partial charge is 0.496 e. The van der Waals surface area contributed by atoms with E-state index in [1.165, 1.54) is 7.11 Å². The number of para-hydroxylation sites is 1. The van der Waals surface area contributed by atoms with Crippen LogP contribution < -0.4 is 14.9 Å². The molecule has 0 aliphatic heterocycles. The molecule has 0 aliphatic rings. The Morgan fingerprint density at radius 1 is 1.00 bits per heavy atom. The van der Waals surface area contributed by atoms with Gasteiger partial charge in [0.2, 0.25) is 0 Å². The molecule has 2 rings (SSSR count). The highest BCUT2D eigenvalue weighted by Gasteiger charge is 2.26. The van der Waals surface area contributed by atoms with Gasteiger partial charge in [-0.15, -0.1) is 5.46 Å². The van der Waals surface area contributed by atoms with Crippen molar-refractivity contribution in [3.8, 4) is 11.5 Å². The summed E-state index contributed by atoms with van der Waals surface area (Å²) in [6, 6.07) is 8.97. The Balaban J connectivity index is 2.20. The molecule has 0 aromatic heterocycles. The van der Waals surface area contributed by atoms with Crippen molar-refractivity contribution >= 4 is 12.4 Å². The van der Waals surface area contributed by atoms with Gasteiger partial charge in [0.1, 0.15) is 12.4 Å². The minimum atomic E-state index is -5.19. The Bertz CT molecular complexity index is 629. The third-order valence-electron chi connectivity index (χ3n) is 2.91. The van der Waals surface area contributed by atoms with Gasteiger partial charge < -0.3 is 22.4 Å². The fourth-order valence-corrected chi connectivity index (χ4v) is 1.81. The Morgan fingerprint density at radius 3 is 2.38 bits per heavy atom. The minimum Gasteiger partial charge on any atom is -0.496 e. The normalized spacial score (nSPS) is 11.3. The van der Waals surface area contributed by atoms with Gasteiger partial charge in [0.15, 0.2) is 11.6 Å². The van der Waals surface area contributed by atoms with Crippen molar-refractivity contribution in [2.45, 2.75) is 6.61 Å². The standard InChI is InChI=1S/C14H12BF4O2/c1-20-13-5-3-2-4-10(13)9-21-14-8-11(15(17,18)19)6-7-12(14)16/h2-8H,9H2,1H3/q-1. The van der Waals surface area contributed by atoms with Gasteiger partial charge in [-0.1, -0.05) is 24.3 Å². The first-order valence-electron chi connectivity index (χ1n) is 6.16. The SMILES string of the molecule is COc1ccccc1COc1cc([B-](F)(F)F)ccc1F. The van der Waals surface area contributed by atoms with E-state index in [4.69, 9.17) is 9.47 Å². The molecule has 0 atom stereocenters. The molecule has 0 radical (unpaired) electrons. The van der Waals surface area contributed by atoms with E-state index in [0.29, 0.717) is 23.4 Å². The maximum Gasteiger partial charge on any atom is 0.509 e. The van der Waals surface area contributed by atoms with Crippen LogP contribution in [0, 0.1) is 5.82 Å². The third kappa shape index (κ3) is 3.68. The fourth-order valence-electron chi connectivity index (χ4n) is 1.81. The van der Waals surface area contributed by atoms with Crippen LogP contribution in [0.1, 0.15) is 5.56 Å². The number of ether oxygens (including phenoxy) is 2. The second-order valence-corrected chi connectivity index (χ2v) is 4.37. The first kappa shape index (κ1) is 15.2. The Hall–Kier alpha value is -2.18. The number of methoxy groups -OCH3 is 1. The van der Waals surface area contributed by atoms with Gasteiger partial charge in [-0.25, -0.2) is 4.39 Å². The van der Waals surface area contributed by atoms with Crippen molar-refractivity contribution < 1.29 is 26.8 Å².